The molecule has 0 saturated heterocycles. The number of rotatable bonds is 8. The van der Waals surface area contributed by atoms with Gasteiger partial charge in [0.25, 0.3) is 0 Å². The molecule has 30 heavy (non-hydrogen) atoms. The van der Waals surface area contributed by atoms with E-state index < -0.39 is 0 Å². The Kier molecular flexibility index (Phi) is 9.46. The van der Waals surface area contributed by atoms with Crippen molar-refractivity contribution in [3.05, 3.63) is 23.3 Å². The van der Waals surface area contributed by atoms with Crippen molar-refractivity contribution < 1.29 is 4.74 Å². The molecule has 2 aromatic rings. The smallest absolute Gasteiger partial charge is 0.191 e. The van der Waals surface area contributed by atoms with Crippen molar-refractivity contribution >= 4 is 29.9 Å². The molecule has 3 heterocycles. The van der Waals surface area contributed by atoms with E-state index in [0.29, 0.717) is 19.1 Å². The van der Waals surface area contributed by atoms with Gasteiger partial charge in [0, 0.05) is 45.7 Å². The molecular weight excluding hydrogens is 497 g/mol. The van der Waals surface area contributed by atoms with Crippen LogP contribution in [-0.4, -0.2) is 61.8 Å². The highest BCUT2D eigenvalue weighted by Crippen LogP contribution is 2.17. The van der Waals surface area contributed by atoms with E-state index in [9.17, 15) is 0 Å². The zero-order valence-electron chi connectivity index (χ0n) is 18.6. The molecule has 0 saturated carbocycles. The lowest BCUT2D eigenvalue weighted by Gasteiger charge is -2.25. The summed E-state index contributed by atoms with van der Waals surface area (Å²) < 4.78 is 9.13. The second-order valence-corrected chi connectivity index (χ2v) is 7.76. The lowest BCUT2D eigenvalue weighted by atomic mass is 10.1. The van der Waals surface area contributed by atoms with Gasteiger partial charge in [-0.05, 0) is 19.8 Å². The molecule has 0 amide bonds. The van der Waals surface area contributed by atoms with Gasteiger partial charge < -0.3 is 19.9 Å². The minimum absolute atomic E-state index is 0. The lowest BCUT2D eigenvalue weighted by molar-refractivity contribution is 0.195. The van der Waals surface area contributed by atoms with Gasteiger partial charge in [-0.25, -0.2) is 14.7 Å². The van der Waals surface area contributed by atoms with Crippen LogP contribution >= 0.6 is 24.0 Å². The Hall–Kier alpha value is -1.76. The summed E-state index contributed by atoms with van der Waals surface area (Å²) in [5, 5.41) is 19.9. The van der Waals surface area contributed by atoms with Gasteiger partial charge in [-0.2, -0.15) is 5.10 Å². The van der Waals surface area contributed by atoms with Gasteiger partial charge in [-0.15, -0.1) is 34.2 Å². The third-order valence-corrected chi connectivity index (χ3v) is 5.11. The first-order valence-electron chi connectivity index (χ1n) is 10.3. The van der Waals surface area contributed by atoms with E-state index in [0.717, 1.165) is 61.6 Å². The van der Waals surface area contributed by atoms with Crippen LogP contribution in [0.1, 0.15) is 55.9 Å². The third-order valence-electron chi connectivity index (χ3n) is 5.11. The average Bonchev–Trinajstić information content (AvgIpc) is 3.27. The van der Waals surface area contributed by atoms with Crippen LogP contribution in [0.3, 0.4) is 0 Å². The quantitative estimate of drug-likeness (QED) is 0.230. The largest absolute Gasteiger partial charge is 0.385 e. The number of nitrogens with zero attached hydrogens (tertiary/aromatic N) is 7. The zero-order valence-corrected chi connectivity index (χ0v) is 20.9. The maximum Gasteiger partial charge on any atom is 0.191 e. The molecule has 3 rings (SSSR count). The van der Waals surface area contributed by atoms with Crippen LogP contribution in [0, 0.1) is 6.92 Å². The van der Waals surface area contributed by atoms with Crippen molar-refractivity contribution in [1.82, 2.24) is 40.2 Å². The van der Waals surface area contributed by atoms with Gasteiger partial charge in [0.2, 0.25) is 0 Å². The summed E-state index contributed by atoms with van der Waals surface area (Å²) in [6.45, 7) is 8.95. The maximum atomic E-state index is 5.14. The molecule has 1 unspecified atom stereocenters. The molecule has 168 valence electrons. The van der Waals surface area contributed by atoms with Gasteiger partial charge >= 0.3 is 0 Å². The summed E-state index contributed by atoms with van der Waals surface area (Å²) in [5.74, 6) is 4.83. The first-order chi connectivity index (χ1) is 14.0. The number of aryl methyl sites for hydroxylation is 2. The van der Waals surface area contributed by atoms with E-state index in [4.69, 9.17) is 9.73 Å². The minimum atomic E-state index is 0. The van der Waals surface area contributed by atoms with Crippen LogP contribution in [0.25, 0.3) is 0 Å². The number of guanidine groups is 1. The second kappa shape index (κ2) is 11.6. The van der Waals surface area contributed by atoms with Crippen molar-refractivity contribution in [3.8, 4) is 0 Å². The minimum Gasteiger partial charge on any atom is -0.385 e. The van der Waals surface area contributed by atoms with Crippen LogP contribution in [0.15, 0.2) is 4.99 Å². The number of nitrogens with one attached hydrogen (secondary N) is 2. The lowest BCUT2D eigenvalue weighted by Crippen LogP contribution is -2.47. The zero-order chi connectivity index (χ0) is 20.8. The Morgan fingerprint density at radius 2 is 2.13 bits per heavy atom. The Balaban J connectivity index is 0.00000320. The third kappa shape index (κ3) is 6.37. The molecule has 0 spiro atoms. The standard InChI is InChI=1S/C19H33N9O.HI/c1-13(2)18-23-16-8-7-15(12-28(16)26-18)22-19(20-9-6-10-29-5)21-11-17-25-24-14(3)27(17)4;/h13,15H,6-12H2,1-5H3,(H2,20,21,22);1H. The average molecular weight is 531 g/mol. The number of hydrogen-bond donors (Lipinski definition) is 2. The van der Waals surface area contributed by atoms with Crippen molar-refractivity contribution in [1.29, 1.82) is 0 Å². The number of halogens is 1. The monoisotopic (exact) mass is 531 g/mol. The summed E-state index contributed by atoms with van der Waals surface area (Å²) in [4.78, 5) is 9.40. The fourth-order valence-electron chi connectivity index (χ4n) is 3.20. The van der Waals surface area contributed by atoms with Crippen molar-refractivity contribution in [2.75, 3.05) is 20.3 Å². The van der Waals surface area contributed by atoms with Gasteiger partial charge in [0.1, 0.15) is 18.2 Å². The highest BCUT2D eigenvalue weighted by Gasteiger charge is 2.23. The Bertz CT molecular complexity index is 830. The van der Waals surface area contributed by atoms with Crippen molar-refractivity contribution in [2.45, 2.75) is 65.1 Å². The normalized spacial score (nSPS) is 16.3. The summed E-state index contributed by atoms with van der Waals surface area (Å²) in [5.41, 5.74) is 0. The predicted molar refractivity (Wildman–Crippen MR) is 126 cm³/mol. The van der Waals surface area contributed by atoms with Crippen LogP contribution in [0.2, 0.25) is 0 Å². The molecule has 2 aromatic heterocycles. The number of methoxy groups -OCH3 is 1. The summed E-state index contributed by atoms with van der Waals surface area (Å²) in [6.07, 6.45) is 2.82. The molecule has 2 N–H and O–H groups in total. The molecule has 0 aromatic carbocycles. The van der Waals surface area contributed by atoms with E-state index in [1.807, 2.05) is 23.2 Å². The molecule has 1 aliphatic heterocycles. The van der Waals surface area contributed by atoms with Crippen molar-refractivity contribution in [3.63, 3.8) is 0 Å². The molecule has 11 heteroatoms. The number of aromatic nitrogens is 6. The molecule has 0 fully saturated rings. The van der Waals surface area contributed by atoms with Gasteiger partial charge in [0.05, 0.1) is 6.54 Å². The molecule has 0 bridgehead atoms. The van der Waals surface area contributed by atoms with Gasteiger partial charge in [0.15, 0.2) is 17.6 Å². The number of fused-ring (bicyclic) bond motifs is 1. The van der Waals surface area contributed by atoms with Crippen LogP contribution in [-0.2, 0) is 31.3 Å². The van der Waals surface area contributed by atoms with E-state index in [2.05, 4.69) is 44.8 Å². The fourth-order valence-corrected chi connectivity index (χ4v) is 3.20. The molecule has 10 nitrogen and oxygen atoms in total. The van der Waals surface area contributed by atoms with E-state index >= 15 is 0 Å². The summed E-state index contributed by atoms with van der Waals surface area (Å²) >= 11 is 0. The Morgan fingerprint density at radius 1 is 1.33 bits per heavy atom. The highest BCUT2D eigenvalue weighted by molar-refractivity contribution is 14.0. The van der Waals surface area contributed by atoms with E-state index in [1.54, 1.807) is 7.11 Å². The second-order valence-electron chi connectivity index (χ2n) is 7.76. The van der Waals surface area contributed by atoms with E-state index in [1.165, 1.54) is 0 Å². The maximum absolute atomic E-state index is 5.14. The molecule has 1 atom stereocenters. The van der Waals surface area contributed by atoms with Crippen LogP contribution in [0.5, 0.6) is 0 Å². The molecule has 0 aliphatic carbocycles. The highest BCUT2D eigenvalue weighted by atomic mass is 127. The Labute approximate surface area is 195 Å². The number of ether oxygens (including phenoxy) is 1. The SMILES string of the molecule is COCCCNC(=NCc1nnc(C)n1C)NC1CCc2nc(C(C)C)nn2C1.I. The van der Waals surface area contributed by atoms with Gasteiger partial charge in [-0.3, -0.25) is 0 Å². The molecule has 0 radical (unpaired) electrons. The number of hydrogen-bond acceptors (Lipinski definition) is 6. The molecule has 1 aliphatic rings. The first kappa shape index (κ1) is 24.5. The first-order valence-corrected chi connectivity index (χ1v) is 10.3. The topological polar surface area (TPSA) is 107 Å². The predicted octanol–water partition coefficient (Wildman–Crippen LogP) is 1.54. The van der Waals surface area contributed by atoms with E-state index in [-0.39, 0.29) is 30.0 Å². The van der Waals surface area contributed by atoms with Crippen LogP contribution in [0.4, 0.5) is 0 Å². The Morgan fingerprint density at radius 3 is 2.80 bits per heavy atom. The van der Waals surface area contributed by atoms with Gasteiger partial charge in [-0.1, -0.05) is 13.8 Å². The van der Waals surface area contributed by atoms with Crippen LogP contribution < -0.4 is 10.6 Å². The summed E-state index contributed by atoms with van der Waals surface area (Å²) in [7, 11) is 3.67. The molecular formula is C19H34IN9O. The van der Waals surface area contributed by atoms with Crippen molar-refractivity contribution in [2.24, 2.45) is 12.0 Å². The number of aliphatic imine (C=N–C) groups is 1. The fraction of sp³-hybridized carbons (Fsp3) is 0.737. The summed E-state index contributed by atoms with van der Waals surface area (Å²) in [6, 6.07) is 0.249.